The molecule has 0 radical (unpaired) electrons. The number of benzene rings is 2. The van der Waals surface area contributed by atoms with E-state index in [2.05, 4.69) is 58.9 Å². The molecule has 4 rings (SSSR count). The Hall–Kier alpha value is -1.54. The van der Waals surface area contributed by atoms with E-state index in [9.17, 15) is 0 Å². The Kier molecular flexibility index (Phi) is 9.05. The molecule has 6 heteroatoms. The number of nitrogens with one attached hydrogen (secondary N) is 2. The summed E-state index contributed by atoms with van der Waals surface area (Å²) in [4.78, 5) is 7.48. The van der Waals surface area contributed by atoms with Crippen LogP contribution in [0.15, 0.2) is 47.5 Å². The lowest BCUT2D eigenvalue weighted by molar-refractivity contribution is 0.311. The summed E-state index contributed by atoms with van der Waals surface area (Å²) in [5.74, 6) is 2.58. The van der Waals surface area contributed by atoms with Gasteiger partial charge in [0, 0.05) is 32.2 Å². The number of fused-ring (bicyclic) bond motifs is 1. The Labute approximate surface area is 197 Å². The molecule has 1 aliphatic heterocycles. The molecule has 1 atom stereocenters. The highest BCUT2D eigenvalue weighted by Gasteiger charge is 2.34. The summed E-state index contributed by atoms with van der Waals surface area (Å²) < 4.78 is 5.93. The Bertz CT molecular complexity index is 824. The van der Waals surface area contributed by atoms with Gasteiger partial charge in [0.05, 0.1) is 6.61 Å². The normalized spacial score (nSPS) is 19.5. The van der Waals surface area contributed by atoms with Crippen LogP contribution in [0, 0.1) is 5.92 Å². The van der Waals surface area contributed by atoms with Crippen LogP contribution in [0.5, 0.6) is 5.75 Å². The van der Waals surface area contributed by atoms with Crippen molar-refractivity contribution >= 4 is 40.7 Å². The lowest BCUT2D eigenvalue weighted by Gasteiger charge is -2.15. The van der Waals surface area contributed by atoms with Crippen LogP contribution in [0.4, 0.5) is 0 Å². The molecule has 1 saturated carbocycles. The number of halogens is 1. The highest BCUT2D eigenvalue weighted by molar-refractivity contribution is 14.0. The fraction of sp³-hybridized carbons (Fsp3) is 0.542. The predicted molar refractivity (Wildman–Crippen MR) is 136 cm³/mol. The molecule has 1 aliphatic carbocycles. The number of rotatable bonds is 9. The third-order valence-corrected chi connectivity index (χ3v) is 5.84. The Balaban J connectivity index is 0.00000256. The summed E-state index contributed by atoms with van der Waals surface area (Å²) >= 11 is 0. The maximum atomic E-state index is 5.93. The summed E-state index contributed by atoms with van der Waals surface area (Å²) in [5.41, 5.74) is 0. The topological polar surface area (TPSA) is 48.9 Å². The fourth-order valence-electron chi connectivity index (χ4n) is 4.07. The Morgan fingerprint density at radius 3 is 2.73 bits per heavy atom. The molecule has 2 aromatic rings. The van der Waals surface area contributed by atoms with Gasteiger partial charge in [0.2, 0.25) is 0 Å². The van der Waals surface area contributed by atoms with Crippen LogP contribution in [0.2, 0.25) is 0 Å². The minimum absolute atomic E-state index is 0. The van der Waals surface area contributed by atoms with Crippen molar-refractivity contribution in [2.24, 2.45) is 10.9 Å². The van der Waals surface area contributed by atoms with Crippen molar-refractivity contribution in [1.82, 2.24) is 15.5 Å². The first kappa shape index (κ1) is 23.1. The zero-order valence-electron chi connectivity index (χ0n) is 18.0. The Morgan fingerprint density at radius 1 is 1.10 bits per heavy atom. The molecule has 2 fully saturated rings. The van der Waals surface area contributed by atoms with E-state index >= 15 is 0 Å². The van der Waals surface area contributed by atoms with E-state index in [0.29, 0.717) is 12.5 Å². The van der Waals surface area contributed by atoms with Gasteiger partial charge < -0.3 is 20.3 Å². The maximum Gasteiger partial charge on any atom is 0.191 e. The van der Waals surface area contributed by atoms with Gasteiger partial charge in [-0.3, -0.25) is 4.99 Å². The molecular weight excluding hydrogens is 487 g/mol. The number of nitrogens with zero attached hydrogens (tertiary/aromatic N) is 2. The van der Waals surface area contributed by atoms with Crippen molar-refractivity contribution in [3.05, 3.63) is 42.5 Å². The highest BCUT2D eigenvalue weighted by atomic mass is 127. The summed E-state index contributed by atoms with van der Waals surface area (Å²) in [6.45, 7) is 7.98. The second kappa shape index (κ2) is 11.7. The quantitative estimate of drug-likeness (QED) is 0.224. The summed E-state index contributed by atoms with van der Waals surface area (Å²) in [6, 6.07) is 15.5. The van der Waals surface area contributed by atoms with E-state index in [0.717, 1.165) is 43.8 Å². The van der Waals surface area contributed by atoms with Gasteiger partial charge in [-0.15, -0.1) is 24.0 Å². The SMILES string of the molecule is CCNC(=NCC1CCN(C2CC2)C1)NCCCOc1ccc2ccccc2c1.I. The third-order valence-electron chi connectivity index (χ3n) is 5.84. The van der Waals surface area contributed by atoms with E-state index in [1.54, 1.807) is 0 Å². The molecule has 0 amide bonds. The molecule has 0 bridgehead atoms. The molecular formula is C24H35IN4O. The van der Waals surface area contributed by atoms with Crippen LogP contribution in [-0.2, 0) is 0 Å². The molecule has 0 spiro atoms. The zero-order valence-corrected chi connectivity index (χ0v) is 20.3. The van der Waals surface area contributed by atoms with Gasteiger partial charge in [0.1, 0.15) is 5.75 Å². The molecule has 1 saturated heterocycles. The molecule has 5 nitrogen and oxygen atoms in total. The van der Waals surface area contributed by atoms with Gasteiger partial charge in [0.15, 0.2) is 5.96 Å². The first-order chi connectivity index (χ1) is 14.3. The monoisotopic (exact) mass is 522 g/mol. The molecule has 164 valence electrons. The van der Waals surface area contributed by atoms with E-state index < -0.39 is 0 Å². The van der Waals surface area contributed by atoms with Gasteiger partial charge in [0.25, 0.3) is 0 Å². The molecule has 1 unspecified atom stereocenters. The molecule has 2 aliphatic rings. The first-order valence-electron chi connectivity index (χ1n) is 11.2. The molecule has 2 aromatic carbocycles. The van der Waals surface area contributed by atoms with Gasteiger partial charge in [-0.2, -0.15) is 0 Å². The number of ether oxygens (including phenoxy) is 1. The van der Waals surface area contributed by atoms with E-state index in [1.165, 1.54) is 43.1 Å². The lowest BCUT2D eigenvalue weighted by atomic mass is 10.1. The van der Waals surface area contributed by atoms with Crippen molar-refractivity contribution in [1.29, 1.82) is 0 Å². The molecule has 2 N–H and O–H groups in total. The lowest BCUT2D eigenvalue weighted by Crippen LogP contribution is -2.38. The van der Waals surface area contributed by atoms with Gasteiger partial charge >= 0.3 is 0 Å². The van der Waals surface area contributed by atoms with Crippen LogP contribution >= 0.6 is 24.0 Å². The largest absolute Gasteiger partial charge is 0.494 e. The van der Waals surface area contributed by atoms with Crippen LogP contribution in [-0.4, -0.2) is 56.2 Å². The minimum atomic E-state index is 0. The summed E-state index contributed by atoms with van der Waals surface area (Å²) in [5, 5.41) is 9.28. The average molecular weight is 522 g/mol. The maximum absolute atomic E-state index is 5.93. The van der Waals surface area contributed by atoms with Crippen molar-refractivity contribution < 1.29 is 4.74 Å². The highest BCUT2D eigenvalue weighted by Crippen LogP contribution is 2.31. The second-order valence-electron chi connectivity index (χ2n) is 8.24. The third kappa shape index (κ3) is 6.74. The minimum Gasteiger partial charge on any atom is -0.494 e. The number of hydrogen-bond donors (Lipinski definition) is 2. The smallest absolute Gasteiger partial charge is 0.191 e. The van der Waals surface area contributed by atoms with Crippen LogP contribution in [0.25, 0.3) is 10.8 Å². The van der Waals surface area contributed by atoms with Crippen LogP contribution in [0.1, 0.15) is 32.6 Å². The predicted octanol–water partition coefficient (Wildman–Crippen LogP) is 4.27. The van der Waals surface area contributed by atoms with Crippen molar-refractivity contribution in [3.63, 3.8) is 0 Å². The molecule has 0 aromatic heterocycles. The number of hydrogen-bond acceptors (Lipinski definition) is 3. The Morgan fingerprint density at radius 2 is 1.93 bits per heavy atom. The van der Waals surface area contributed by atoms with Crippen molar-refractivity contribution in [3.8, 4) is 5.75 Å². The van der Waals surface area contributed by atoms with Crippen LogP contribution in [0.3, 0.4) is 0 Å². The van der Waals surface area contributed by atoms with E-state index in [-0.39, 0.29) is 24.0 Å². The average Bonchev–Trinajstić information content (AvgIpc) is 3.49. The first-order valence-corrected chi connectivity index (χ1v) is 11.2. The number of guanidine groups is 1. The van der Waals surface area contributed by atoms with Gasteiger partial charge in [-0.25, -0.2) is 0 Å². The number of likely N-dealkylation sites (tertiary alicyclic amines) is 1. The van der Waals surface area contributed by atoms with Crippen molar-refractivity contribution in [2.45, 2.75) is 38.6 Å². The second-order valence-corrected chi connectivity index (χ2v) is 8.24. The molecule has 1 heterocycles. The fourth-order valence-corrected chi connectivity index (χ4v) is 4.07. The van der Waals surface area contributed by atoms with Gasteiger partial charge in [-0.05, 0) is 68.0 Å². The zero-order chi connectivity index (χ0) is 19.9. The van der Waals surface area contributed by atoms with Crippen molar-refractivity contribution in [2.75, 3.05) is 39.3 Å². The standard InChI is InChI=1S/C24H34N4O.HI/c1-2-25-24(27-17-19-12-14-28(18-19)22-9-10-22)26-13-5-15-29-23-11-8-20-6-3-4-7-21(20)16-23;/h3-4,6-8,11,16,19,22H,2,5,9-10,12-15,17-18H2,1H3,(H2,25,26,27);1H. The van der Waals surface area contributed by atoms with Crippen LogP contribution < -0.4 is 15.4 Å². The molecule has 30 heavy (non-hydrogen) atoms. The summed E-state index contributed by atoms with van der Waals surface area (Å²) in [7, 11) is 0. The van der Waals surface area contributed by atoms with Gasteiger partial charge in [-0.1, -0.05) is 30.3 Å². The number of aliphatic imine (C=N–C) groups is 1. The van der Waals surface area contributed by atoms with E-state index in [1.807, 2.05) is 6.07 Å². The summed E-state index contributed by atoms with van der Waals surface area (Å²) in [6.07, 6.45) is 5.04. The van der Waals surface area contributed by atoms with E-state index in [4.69, 9.17) is 9.73 Å².